The summed E-state index contributed by atoms with van der Waals surface area (Å²) in [7, 11) is 0. The Kier molecular flexibility index (Phi) is 7.70. The average molecular weight is 454 g/mol. The molecule has 0 radical (unpaired) electrons. The standard InChI is InChI=1S/C19H20ClN3O8/c1-4-22-7-8-23(18(28)17(22)27)19(29)21-15(16(20)26)12-5-6-13(30-10(2)24)14(9-12)31-11(3)25/h5-6,9,15H,4,7-8H2,1-3H3,(H,21,29). The van der Waals surface area contributed by atoms with Crippen LogP contribution in [0.15, 0.2) is 18.2 Å². The molecule has 1 aromatic carbocycles. The van der Waals surface area contributed by atoms with E-state index in [1.807, 2.05) is 0 Å². The molecule has 31 heavy (non-hydrogen) atoms. The van der Waals surface area contributed by atoms with Gasteiger partial charge in [-0.15, -0.1) is 0 Å². The summed E-state index contributed by atoms with van der Waals surface area (Å²) in [4.78, 5) is 73.3. The molecule has 1 atom stereocenters. The van der Waals surface area contributed by atoms with Crippen LogP contribution >= 0.6 is 11.6 Å². The maximum atomic E-state index is 12.6. The van der Waals surface area contributed by atoms with Gasteiger partial charge in [0.25, 0.3) is 0 Å². The second-order valence-electron chi connectivity index (χ2n) is 6.42. The lowest BCUT2D eigenvalue weighted by Crippen LogP contribution is -2.58. The van der Waals surface area contributed by atoms with Crippen LogP contribution in [0.2, 0.25) is 0 Å². The first-order valence-corrected chi connectivity index (χ1v) is 9.54. The molecule has 1 aliphatic heterocycles. The van der Waals surface area contributed by atoms with Crippen molar-refractivity contribution in [3.8, 4) is 11.5 Å². The fraction of sp³-hybridized carbons (Fsp3) is 0.368. The van der Waals surface area contributed by atoms with Crippen molar-refractivity contribution in [2.24, 2.45) is 0 Å². The van der Waals surface area contributed by atoms with Crippen LogP contribution in [0.5, 0.6) is 11.5 Å². The Morgan fingerprint density at radius 1 is 1.03 bits per heavy atom. The number of urea groups is 1. The van der Waals surface area contributed by atoms with Gasteiger partial charge < -0.3 is 19.7 Å². The summed E-state index contributed by atoms with van der Waals surface area (Å²) in [6, 6.07) is 1.32. The van der Waals surface area contributed by atoms with E-state index in [4.69, 9.17) is 21.1 Å². The zero-order valence-electron chi connectivity index (χ0n) is 17.0. The highest BCUT2D eigenvalue weighted by molar-refractivity contribution is 6.64. The van der Waals surface area contributed by atoms with Crippen molar-refractivity contribution < 1.29 is 38.2 Å². The minimum atomic E-state index is -1.44. The van der Waals surface area contributed by atoms with E-state index in [1.165, 1.54) is 23.1 Å². The van der Waals surface area contributed by atoms with Crippen LogP contribution < -0.4 is 14.8 Å². The molecule has 2 rings (SSSR count). The molecule has 11 nitrogen and oxygen atoms in total. The van der Waals surface area contributed by atoms with E-state index < -0.39 is 41.1 Å². The van der Waals surface area contributed by atoms with Crippen molar-refractivity contribution in [2.75, 3.05) is 19.6 Å². The molecule has 1 fully saturated rings. The Balaban J connectivity index is 2.29. The van der Waals surface area contributed by atoms with Gasteiger partial charge in [0.15, 0.2) is 11.5 Å². The largest absolute Gasteiger partial charge is 0.423 e. The molecule has 0 aliphatic carbocycles. The number of hydrogen-bond donors (Lipinski definition) is 1. The van der Waals surface area contributed by atoms with Gasteiger partial charge in [-0.2, -0.15) is 0 Å². The third kappa shape index (κ3) is 5.79. The molecule has 0 bridgehead atoms. The highest BCUT2D eigenvalue weighted by Gasteiger charge is 2.37. The summed E-state index contributed by atoms with van der Waals surface area (Å²) in [5, 5.41) is 1.29. The Morgan fingerprint density at radius 2 is 1.65 bits per heavy atom. The van der Waals surface area contributed by atoms with Crippen LogP contribution in [0.1, 0.15) is 32.4 Å². The van der Waals surface area contributed by atoms with Gasteiger partial charge in [-0.1, -0.05) is 6.07 Å². The van der Waals surface area contributed by atoms with E-state index >= 15 is 0 Å². The minimum absolute atomic E-state index is 0.0580. The van der Waals surface area contributed by atoms with Crippen LogP contribution in [0.3, 0.4) is 0 Å². The summed E-state index contributed by atoms with van der Waals surface area (Å²) < 4.78 is 9.94. The molecule has 1 aromatic rings. The Bertz CT molecular complexity index is 948. The van der Waals surface area contributed by atoms with Crippen LogP contribution in [-0.2, 0) is 24.0 Å². The number of nitrogens with one attached hydrogen (secondary N) is 1. The quantitative estimate of drug-likeness (QED) is 0.288. The van der Waals surface area contributed by atoms with E-state index in [0.717, 1.165) is 13.8 Å². The molecule has 0 saturated carbocycles. The monoisotopic (exact) mass is 453 g/mol. The van der Waals surface area contributed by atoms with Gasteiger partial charge in [0.1, 0.15) is 6.04 Å². The van der Waals surface area contributed by atoms with Crippen LogP contribution in [0, 0.1) is 0 Å². The van der Waals surface area contributed by atoms with Gasteiger partial charge in [-0.25, -0.2) is 4.79 Å². The molecule has 1 N–H and O–H groups in total. The molecule has 1 saturated heterocycles. The lowest BCUT2D eigenvalue weighted by atomic mass is 10.1. The number of carbonyl (C=O) groups excluding carboxylic acids is 6. The topological polar surface area (TPSA) is 139 Å². The molecule has 4 amide bonds. The third-order valence-electron chi connectivity index (χ3n) is 4.24. The van der Waals surface area contributed by atoms with Gasteiger partial charge in [0, 0.05) is 33.5 Å². The maximum absolute atomic E-state index is 12.6. The summed E-state index contributed by atoms with van der Waals surface area (Å²) in [6.45, 7) is 4.38. The molecule has 0 aromatic heterocycles. The molecule has 0 spiro atoms. The number of piperazine rings is 1. The lowest BCUT2D eigenvalue weighted by molar-refractivity contribution is -0.153. The van der Waals surface area contributed by atoms with Crippen molar-refractivity contribution >= 4 is 46.6 Å². The zero-order chi connectivity index (χ0) is 23.3. The summed E-state index contributed by atoms with van der Waals surface area (Å²) in [5.41, 5.74) is 0.0893. The van der Waals surface area contributed by atoms with Crippen LogP contribution in [0.25, 0.3) is 0 Å². The SMILES string of the molecule is CCN1CCN(C(=O)NC(C(=O)Cl)c2ccc(OC(C)=O)c(OC(C)=O)c2)C(=O)C1=O. The van der Waals surface area contributed by atoms with E-state index in [-0.39, 0.29) is 30.2 Å². The first kappa shape index (κ1) is 23.8. The normalized spacial score (nSPS) is 14.7. The van der Waals surface area contributed by atoms with Crippen molar-refractivity contribution in [1.29, 1.82) is 0 Å². The highest BCUT2D eigenvalue weighted by atomic mass is 35.5. The number of hydrogen-bond acceptors (Lipinski definition) is 8. The van der Waals surface area contributed by atoms with Crippen LogP contribution in [-0.4, -0.2) is 64.5 Å². The maximum Gasteiger partial charge on any atom is 0.325 e. The number of likely N-dealkylation sites (N-methyl/N-ethyl adjacent to an activating group) is 1. The Hall–Kier alpha value is -3.47. The van der Waals surface area contributed by atoms with E-state index in [0.29, 0.717) is 11.4 Å². The number of esters is 2. The average Bonchev–Trinajstić information content (AvgIpc) is 2.68. The van der Waals surface area contributed by atoms with E-state index in [9.17, 15) is 28.8 Å². The molecule has 1 aliphatic rings. The molecular formula is C19H20ClN3O8. The van der Waals surface area contributed by atoms with Crippen LogP contribution in [0.4, 0.5) is 4.79 Å². The Morgan fingerprint density at radius 3 is 2.19 bits per heavy atom. The molecule has 1 unspecified atom stereocenters. The lowest BCUT2D eigenvalue weighted by Gasteiger charge is -2.32. The van der Waals surface area contributed by atoms with Gasteiger partial charge in [-0.3, -0.25) is 28.9 Å². The minimum Gasteiger partial charge on any atom is -0.423 e. The number of halogens is 1. The van der Waals surface area contributed by atoms with Crippen molar-refractivity contribution in [3.63, 3.8) is 0 Å². The van der Waals surface area contributed by atoms with E-state index in [1.54, 1.807) is 6.92 Å². The number of benzene rings is 1. The fourth-order valence-electron chi connectivity index (χ4n) is 2.82. The second kappa shape index (κ2) is 10.0. The van der Waals surface area contributed by atoms with Crippen molar-refractivity contribution in [3.05, 3.63) is 23.8 Å². The first-order chi connectivity index (χ1) is 14.5. The summed E-state index contributed by atoms with van der Waals surface area (Å²) in [5.74, 6) is -3.53. The number of carbonyl (C=O) groups is 6. The Labute approximate surface area is 182 Å². The predicted molar refractivity (Wildman–Crippen MR) is 105 cm³/mol. The second-order valence-corrected chi connectivity index (χ2v) is 6.79. The highest BCUT2D eigenvalue weighted by Crippen LogP contribution is 2.32. The fourth-order valence-corrected chi connectivity index (χ4v) is 3.00. The van der Waals surface area contributed by atoms with Gasteiger partial charge >= 0.3 is 29.8 Å². The number of rotatable bonds is 6. The number of imide groups is 1. The number of ether oxygens (including phenoxy) is 2. The third-order valence-corrected chi connectivity index (χ3v) is 4.46. The van der Waals surface area contributed by atoms with Crippen molar-refractivity contribution in [1.82, 2.24) is 15.1 Å². The number of amides is 4. The van der Waals surface area contributed by atoms with Gasteiger partial charge in [-0.05, 0) is 36.2 Å². The smallest absolute Gasteiger partial charge is 0.325 e. The molecule has 1 heterocycles. The molecular weight excluding hydrogens is 434 g/mol. The van der Waals surface area contributed by atoms with Gasteiger partial charge in [0.2, 0.25) is 5.24 Å². The first-order valence-electron chi connectivity index (χ1n) is 9.16. The number of nitrogens with zero attached hydrogens (tertiary/aromatic N) is 2. The molecule has 166 valence electrons. The van der Waals surface area contributed by atoms with Crippen molar-refractivity contribution in [2.45, 2.75) is 26.8 Å². The molecule has 12 heteroatoms. The summed E-state index contributed by atoms with van der Waals surface area (Å²) >= 11 is 5.63. The predicted octanol–water partition coefficient (Wildman–Crippen LogP) is 0.744. The zero-order valence-corrected chi connectivity index (χ0v) is 17.7. The summed E-state index contributed by atoms with van der Waals surface area (Å²) in [6.07, 6.45) is 0. The van der Waals surface area contributed by atoms with E-state index in [2.05, 4.69) is 5.32 Å². The van der Waals surface area contributed by atoms with Gasteiger partial charge in [0.05, 0.1) is 0 Å².